The Hall–Kier alpha value is -0.430. The lowest BCUT2D eigenvalue weighted by Gasteiger charge is -2.06. The second-order valence-electron chi connectivity index (χ2n) is 1.20. The molecule has 0 amide bonds. The van der Waals surface area contributed by atoms with Crippen molar-refractivity contribution in [1.29, 1.82) is 0 Å². The van der Waals surface area contributed by atoms with Crippen molar-refractivity contribution in [3.05, 3.63) is 22.9 Å². The average Bonchev–Trinajstić information content (AvgIpc) is 2.07. The molecule has 0 spiro atoms. The van der Waals surface area contributed by atoms with E-state index in [4.69, 9.17) is 17.5 Å². The van der Waals surface area contributed by atoms with Gasteiger partial charge in [-0.15, -0.1) is 0 Å². The molecule has 0 radical (unpaired) electrons. The Kier molecular flexibility index (Phi) is 4.21. The van der Waals surface area contributed by atoms with Crippen molar-refractivity contribution in [2.75, 3.05) is 0 Å². The second-order valence-corrected chi connectivity index (χ2v) is 2.83. The standard InChI is InChI=1S/C4H4S.H2O4S/c1-2-4-5-3-1;1-5(2,3)4/h1-4H;(H2,1,2,3,4)/p-2. The molecule has 0 aliphatic rings. The molecule has 0 aliphatic carbocycles. The number of thiophene rings is 1. The molecule has 0 saturated heterocycles. The number of hydrogen-bond acceptors (Lipinski definition) is 5. The van der Waals surface area contributed by atoms with Crippen LogP contribution in [-0.4, -0.2) is 17.5 Å². The minimum atomic E-state index is -5.17. The molecule has 0 fully saturated rings. The van der Waals surface area contributed by atoms with Crippen LogP contribution in [0.1, 0.15) is 0 Å². The van der Waals surface area contributed by atoms with Crippen LogP contribution < -0.4 is 0 Å². The molecule has 10 heavy (non-hydrogen) atoms. The van der Waals surface area contributed by atoms with Gasteiger partial charge in [-0.05, 0) is 10.8 Å². The molecule has 1 aromatic rings. The zero-order valence-electron chi connectivity index (χ0n) is 4.76. The Labute approximate surface area is 62.7 Å². The summed E-state index contributed by atoms with van der Waals surface area (Å²) in [5.74, 6) is 0. The van der Waals surface area contributed by atoms with Gasteiger partial charge in [0.15, 0.2) is 0 Å². The predicted molar refractivity (Wildman–Crippen MR) is 34.8 cm³/mol. The Bertz CT molecular complexity index is 211. The molecule has 0 saturated carbocycles. The first-order chi connectivity index (χ1) is 4.50. The summed E-state index contributed by atoms with van der Waals surface area (Å²) in [5, 5.41) is 4.08. The fourth-order valence-corrected chi connectivity index (χ4v) is 0.680. The van der Waals surface area contributed by atoms with Crippen molar-refractivity contribution in [2.24, 2.45) is 0 Å². The maximum absolute atomic E-state index is 8.52. The molecule has 4 nitrogen and oxygen atoms in total. The highest BCUT2D eigenvalue weighted by atomic mass is 32.3. The summed E-state index contributed by atoms with van der Waals surface area (Å²) < 4.78 is 34.1. The normalized spacial score (nSPS) is 9.80. The van der Waals surface area contributed by atoms with Crippen LogP contribution in [0.5, 0.6) is 0 Å². The van der Waals surface area contributed by atoms with Gasteiger partial charge in [-0.2, -0.15) is 11.3 Å². The smallest absolute Gasteiger partial charge is 0.0311 e. The predicted octanol–water partition coefficient (Wildman–Crippen LogP) is 0.410. The van der Waals surface area contributed by atoms with Gasteiger partial charge in [0.05, 0.1) is 0 Å². The quantitative estimate of drug-likeness (QED) is 0.427. The molecule has 1 rings (SSSR count). The van der Waals surface area contributed by atoms with Crippen LogP contribution in [0.2, 0.25) is 0 Å². The van der Waals surface area contributed by atoms with Crippen molar-refractivity contribution in [2.45, 2.75) is 0 Å². The van der Waals surface area contributed by atoms with Gasteiger partial charge < -0.3 is 9.11 Å². The van der Waals surface area contributed by atoms with Crippen LogP contribution in [0.3, 0.4) is 0 Å². The summed E-state index contributed by atoms with van der Waals surface area (Å²) in [6, 6.07) is 4.04. The van der Waals surface area contributed by atoms with Crippen molar-refractivity contribution in [3.8, 4) is 0 Å². The zero-order chi connectivity index (χ0) is 8.04. The largest absolute Gasteiger partial charge is 0.759 e. The topological polar surface area (TPSA) is 80.3 Å². The average molecular weight is 180 g/mol. The Morgan fingerprint density at radius 2 is 1.40 bits per heavy atom. The van der Waals surface area contributed by atoms with Gasteiger partial charge in [-0.3, -0.25) is 8.42 Å². The summed E-state index contributed by atoms with van der Waals surface area (Å²) in [5.41, 5.74) is 0. The monoisotopic (exact) mass is 180 g/mol. The second kappa shape index (κ2) is 4.40. The highest BCUT2D eigenvalue weighted by molar-refractivity contribution is 7.79. The van der Waals surface area contributed by atoms with Gasteiger partial charge in [0.25, 0.3) is 0 Å². The fraction of sp³-hybridized carbons (Fsp3) is 0. The van der Waals surface area contributed by atoms with E-state index >= 15 is 0 Å². The van der Waals surface area contributed by atoms with E-state index in [-0.39, 0.29) is 0 Å². The minimum absolute atomic E-state index is 1.71. The van der Waals surface area contributed by atoms with Crippen LogP contribution in [0, 0.1) is 0 Å². The highest BCUT2D eigenvalue weighted by Crippen LogP contribution is 1.91. The Morgan fingerprint density at radius 1 is 1.10 bits per heavy atom. The number of rotatable bonds is 0. The van der Waals surface area contributed by atoms with E-state index in [1.165, 1.54) is 0 Å². The summed E-state index contributed by atoms with van der Waals surface area (Å²) >= 11 is 1.71. The summed E-state index contributed by atoms with van der Waals surface area (Å²) in [6.07, 6.45) is 0. The fourth-order valence-electron chi connectivity index (χ4n) is 0.227. The molecular formula is C4H4O4S2-2. The maximum Gasteiger partial charge on any atom is 0.0311 e. The van der Waals surface area contributed by atoms with E-state index in [0.717, 1.165) is 0 Å². The maximum atomic E-state index is 8.52. The van der Waals surface area contributed by atoms with E-state index in [0.29, 0.717) is 0 Å². The molecule has 0 bridgehead atoms. The molecule has 6 heteroatoms. The zero-order valence-corrected chi connectivity index (χ0v) is 6.39. The molecule has 1 aromatic heterocycles. The van der Waals surface area contributed by atoms with Gasteiger partial charge >= 0.3 is 0 Å². The first kappa shape index (κ1) is 9.57. The number of hydrogen-bond donors (Lipinski definition) is 0. The highest BCUT2D eigenvalue weighted by Gasteiger charge is 1.58. The van der Waals surface area contributed by atoms with Crippen LogP contribution in [0.4, 0.5) is 0 Å². The molecule has 0 atom stereocenters. The van der Waals surface area contributed by atoms with E-state index in [1.54, 1.807) is 11.3 Å². The first-order valence-electron chi connectivity index (χ1n) is 2.14. The molecule has 0 unspecified atom stereocenters. The molecule has 58 valence electrons. The van der Waals surface area contributed by atoms with E-state index in [2.05, 4.69) is 0 Å². The first-order valence-corrected chi connectivity index (χ1v) is 4.41. The van der Waals surface area contributed by atoms with Crippen LogP contribution in [0.25, 0.3) is 0 Å². The van der Waals surface area contributed by atoms with Crippen molar-refractivity contribution in [1.82, 2.24) is 0 Å². The van der Waals surface area contributed by atoms with Gasteiger partial charge in [-0.1, -0.05) is 12.1 Å². The third-order valence-corrected chi connectivity index (χ3v) is 1.05. The molecule has 0 aromatic carbocycles. The lowest BCUT2D eigenvalue weighted by molar-refractivity contribution is 0.352. The summed E-state index contributed by atoms with van der Waals surface area (Å²) in [6.45, 7) is 0. The molecule has 1 heterocycles. The SMILES string of the molecule is O=S(=O)([O-])[O-].c1ccsc1. The molecule has 0 aliphatic heterocycles. The molecular weight excluding hydrogens is 176 g/mol. The van der Waals surface area contributed by atoms with Gasteiger partial charge in [0.1, 0.15) is 0 Å². The van der Waals surface area contributed by atoms with Crippen molar-refractivity contribution >= 4 is 21.7 Å². The van der Waals surface area contributed by atoms with Crippen LogP contribution in [-0.2, 0) is 10.4 Å². The third-order valence-electron chi connectivity index (χ3n) is 0.425. The van der Waals surface area contributed by atoms with Crippen LogP contribution >= 0.6 is 11.3 Å². The van der Waals surface area contributed by atoms with Gasteiger partial charge in [-0.25, -0.2) is 0 Å². The molecule has 0 N–H and O–H groups in total. The van der Waals surface area contributed by atoms with Gasteiger partial charge in [0.2, 0.25) is 0 Å². The third kappa shape index (κ3) is 15.6. The van der Waals surface area contributed by atoms with E-state index in [1.807, 2.05) is 22.9 Å². The lowest BCUT2D eigenvalue weighted by atomic mass is 10.7. The van der Waals surface area contributed by atoms with Gasteiger partial charge in [0, 0.05) is 10.4 Å². The van der Waals surface area contributed by atoms with Crippen molar-refractivity contribution in [3.63, 3.8) is 0 Å². The van der Waals surface area contributed by atoms with E-state index < -0.39 is 10.4 Å². The Morgan fingerprint density at radius 3 is 1.50 bits per heavy atom. The van der Waals surface area contributed by atoms with Crippen molar-refractivity contribution < 1.29 is 17.5 Å². The summed E-state index contributed by atoms with van der Waals surface area (Å²) in [4.78, 5) is 0. The summed E-state index contributed by atoms with van der Waals surface area (Å²) in [7, 11) is -5.17. The lowest BCUT2D eigenvalue weighted by Crippen LogP contribution is -1.91. The minimum Gasteiger partial charge on any atom is -0.759 e. The Balaban J connectivity index is 0.000000162. The van der Waals surface area contributed by atoms with E-state index in [9.17, 15) is 0 Å². The van der Waals surface area contributed by atoms with Crippen LogP contribution in [0.15, 0.2) is 22.9 Å².